The number of amides is 2. The fraction of sp³-hybridized carbons (Fsp3) is 0.556. The summed E-state index contributed by atoms with van der Waals surface area (Å²) in [6.45, 7) is 1.07. The molecule has 5 nitrogen and oxygen atoms in total. The smallest absolute Gasteiger partial charge is 0.251 e. The first-order chi connectivity index (χ1) is 11.1. The first-order valence-electron chi connectivity index (χ1n) is 8.49. The quantitative estimate of drug-likeness (QED) is 0.676. The Morgan fingerprint density at radius 1 is 1.09 bits per heavy atom. The summed E-state index contributed by atoms with van der Waals surface area (Å²) in [5.41, 5.74) is 0.436. The van der Waals surface area contributed by atoms with Crippen LogP contribution in [0.15, 0.2) is 24.3 Å². The van der Waals surface area contributed by atoms with Gasteiger partial charge in [0.1, 0.15) is 5.75 Å². The third-order valence-corrected chi connectivity index (χ3v) is 4.27. The van der Waals surface area contributed by atoms with Gasteiger partial charge in [-0.1, -0.05) is 25.3 Å². The van der Waals surface area contributed by atoms with Gasteiger partial charge in [0.05, 0.1) is 0 Å². The van der Waals surface area contributed by atoms with E-state index in [-0.39, 0.29) is 17.6 Å². The van der Waals surface area contributed by atoms with Gasteiger partial charge in [0.15, 0.2) is 0 Å². The predicted octanol–water partition coefficient (Wildman–Crippen LogP) is 2.60. The van der Waals surface area contributed by atoms with Crippen LogP contribution >= 0.6 is 0 Å². The summed E-state index contributed by atoms with van der Waals surface area (Å²) in [5.74, 6) is 0.535. The molecule has 0 atom stereocenters. The maximum atomic E-state index is 11.8. The summed E-state index contributed by atoms with van der Waals surface area (Å²) >= 11 is 0. The Balaban J connectivity index is 1.56. The maximum absolute atomic E-state index is 11.8. The third kappa shape index (κ3) is 6.30. The number of hydrogen-bond acceptors (Lipinski definition) is 3. The molecule has 0 radical (unpaired) electrons. The van der Waals surface area contributed by atoms with Crippen molar-refractivity contribution in [2.24, 2.45) is 5.92 Å². The van der Waals surface area contributed by atoms with Gasteiger partial charge < -0.3 is 15.7 Å². The van der Waals surface area contributed by atoms with Crippen LogP contribution in [0.25, 0.3) is 0 Å². The molecule has 1 aromatic carbocycles. The molecule has 0 unspecified atom stereocenters. The van der Waals surface area contributed by atoms with Gasteiger partial charge in [0.2, 0.25) is 5.91 Å². The zero-order chi connectivity index (χ0) is 16.5. The normalized spacial score (nSPS) is 15.1. The Morgan fingerprint density at radius 2 is 1.83 bits per heavy atom. The van der Waals surface area contributed by atoms with Crippen molar-refractivity contribution in [3.8, 4) is 5.75 Å². The average Bonchev–Trinajstić information content (AvgIpc) is 2.55. The average molecular weight is 318 g/mol. The summed E-state index contributed by atoms with van der Waals surface area (Å²) < 4.78 is 0. The van der Waals surface area contributed by atoms with Gasteiger partial charge in [-0.05, 0) is 43.4 Å². The van der Waals surface area contributed by atoms with E-state index >= 15 is 0 Å². The van der Waals surface area contributed by atoms with E-state index in [1.807, 2.05) is 0 Å². The number of nitrogens with one attached hydrogen (secondary N) is 2. The zero-order valence-corrected chi connectivity index (χ0v) is 13.5. The zero-order valence-electron chi connectivity index (χ0n) is 13.5. The lowest BCUT2D eigenvalue weighted by atomic mass is 9.87. The van der Waals surface area contributed by atoms with E-state index in [2.05, 4.69) is 10.6 Å². The van der Waals surface area contributed by atoms with Gasteiger partial charge in [-0.3, -0.25) is 9.59 Å². The Labute approximate surface area is 137 Å². The maximum Gasteiger partial charge on any atom is 0.251 e. The van der Waals surface area contributed by atoms with Crippen LogP contribution in [0.1, 0.15) is 55.3 Å². The largest absolute Gasteiger partial charge is 0.508 e. The van der Waals surface area contributed by atoms with Crippen LogP contribution in [0, 0.1) is 5.92 Å². The number of rotatable bonds is 7. The number of carbonyl (C=O) groups is 2. The summed E-state index contributed by atoms with van der Waals surface area (Å²) in [6, 6.07) is 6.25. The van der Waals surface area contributed by atoms with Crippen LogP contribution in [0.5, 0.6) is 5.75 Å². The molecule has 1 fully saturated rings. The molecule has 5 heteroatoms. The SMILES string of the molecule is O=C(CC1CCCCC1)NCCCNC(=O)c1cccc(O)c1. The molecule has 1 aliphatic carbocycles. The highest BCUT2D eigenvalue weighted by Gasteiger charge is 2.16. The van der Waals surface area contributed by atoms with Crippen LogP contribution in [-0.4, -0.2) is 30.0 Å². The summed E-state index contributed by atoms with van der Waals surface area (Å²) in [6.07, 6.45) is 7.48. The lowest BCUT2D eigenvalue weighted by Gasteiger charge is -2.20. The standard InChI is InChI=1S/C18H26N2O3/c21-16-9-4-8-15(13-16)18(23)20-11-5-10-19-17(22)12-14-6-2-1-3-7-14/h4,8-9,13-14,21H,1-3,5-7,10-12H2,(H,19,22)(H,20,23). The minimum atomic E-state index is -0.213. The van der Waals surface area contributed by atoms with Gasteiger partial charge in [-0.15, -0.1) is 0 Å². The van der Waals surface area contributed by atoms with Crippen LogP contribution in [-0.2, 0) is 4.79 Å². The second-order valence-corrected chi connectivity index (χ2v) is 6.22. The molecular weight excluding hydrogens is 292 g/mol. The van der Waals surface area contributed by atoms with Crippen LogP contribution in [0.3, 0.4) is 0 Å². The number of phenols is 1. The lowest BCUT2D eigenvalue weighted by molar-refractivity contribution is -0.122. The molecule has 1 aliphatic rings. The Kier molecular flexibility index (Phi) is 6.91. The molecule has 0 aromatic heterocycles. The highest BCUT2D eigenvalue weighted by molar-refractivity contribution is 5.94. The van der Waals surface area contributed by atoms with Gasteiger partial charge in [-0.2, -0.15) is 0 Å². The molecule has 2 amide bonds. The molecule has 126 valence electrons. The van der Waals surface area contributed by atoms with Crippen molar-refractivity contribution in [3.63, 3.8) is 0 Å². The van der Waals surface area contributed by atoms with Gasteiger partial charge in [0.25, 0.3) is 5.91 Å². The van der Waals surface area contributed by atoms with E-state index in [0.29, 0.717) is 37.4 Å². The molecule has 0 aliphatic heterocycles. The minimum Gasteiger partial charge on any atom is -0.508 e. The van der Waals surface area contributed by atoms with Crippen molar-refractivity contribution < 1.29 is 14.7 Å². The molecule has 0 heterocycles. The molecule has 0 spiro atoms. The molecule has 0 bridgehead atoms. The number of hydrogen-bond donors (Lipinski definition) is 3. The van der Waals surface area contributed by atoms with Crippen molar-refractivity contribution in [1.29, 1.82) is 0 Å². The summed E-state index contributed by atoms with van der Waals surface area (Å²) in [7, 11) is 0. The lowest BCUT2D eigenvalue weighted by Crippen LogP contribution is -2.31. The van der Waals surface area contributed by atoms with E-state index < -0.39 is 0 Å². The Morgan fingerprint density at radius 3 is 2.57 bits per heavy atom. The Hall–Kier alpha value is -2.04. The van der Waals surface area contributed by atoms with Crippen LogP contribution < -0.4 is 10.6 Å². The number of aromatic hydroxyl groups is 1. The highest BCUT2D eigenvalue weighted by atomic mass is 16.3. The summed E-state index contributed by atoms with van der Waals surface area (Å²) in [4.78, 5) is 23.7. The van der Waals surface area contributed by atoms with Crippen LogP contribution in [0.2, 0.25) is 0 Å². The van der Waals surface area contributed by atoms with Crippen LogP contribution in [0.4, 0.5) is 0 Å². The van der Waals surface area contributed by atoms with Gasteiger partial charge >= 0.3 is 0 Å². The van der Waals surface area contributed by atoms with E-state index in [4.69, 9.17) is 0 Å². The number of carbonyl (C=O) groups excluding carboxylic acids is 2. The molecular formula is C18H26N2O3. The molecule has 1 aromatic rings. The Bertz CT molecular complexity index is 525. The van der Waals surface area contributed by atoms with Crippen molar-refractivity contribution in [1.82, 2.24) is 10.6 Å². The molecule has 23 heavy (non-hydrogen) atoms. The van der Waals surface area contributed by atoms with E-state index in [9.17, 15) is 14.7 Å². The van der Waals surface area contributed by atoms with E-state index in [1.165, 1.54) is 44.2 Å². The summed E-state index contributed by atoms with van der Waals surface area (Å²) in [5, 5.41) is 15.0. The molecule has 0 saturated heterocycles. The van der Waals surface area contributed by atoms with Gasteiger partial charge in [0, 0.05) is 25.1 Å². The predicted molar refractivity (Wildman–Crippen MR) is 89.3 cm³/mol. The highest BCUT2D eigenvalue weighted by Crippen LogP contribution is 2.25. The van der Waals surface area contributed by atoms with Crippen molar-refractivity contribution >= 4 is 11.8 Å². The minimum absolute atomic E-state index is 0.0765. The second kappa shape index (κ2) is 9.18. The van der Waals surface area contributed by atoms with E-state index in [1.54, 1.807) is 12.1 Å². The van der Waals surface area contributed by atoms with Crippen molar-refractivity contribution in [2.75, 3.05) is 13.1 Å². The number of phenolic OH excluding ortho intramolecular Hbond substituents is 1. The van der Waals surface area contributed by atoms with Crippen molar-refractivity contribution in [2.45, 2.75) is 44.9 Å². The monoisotopic (exact) mass is 318 g/mol. The topological polar surface area (TPSA) is 78.4 Å². The van der Waals surface area contributed by atoms with E-state index in [0.717, 1.165) is 0 Å². The second-order valence-electron chi connectivity index (χ2n) is 6.22. The van der Waals surface area contributed by atoms with Gasteiger partial charge in [-0.25, -0.2) is 0 Å². The molecule has 2 rings (SSSR count). The van der Waals surface area contributed by atoms with Crippen molar-refractivity contribution in [3.05, 3.63) is 29.8 Å². The third-order valence-electron chi connectivity index (χ3n) is 4.27. The molecule has 3 N–H and O–H groups in total. The fourth-order valence-electron chi connectivity index (χ4n) is 2.99. The number of benzene rings is 1. The first-order valence-corrected chi connectivity index (χ1v) is 8.49. The first kappa shape index (κ1) is 17.3. The fourth-order valence-corrected chi connectivity index (χ4v) is 2.99. The molecule has 1 saturated carbocycles.